The molecule has 1 N–H and O–H groups in total. The van der Waals surface area contributed by atoms with Gasteiger partial charge in [-0.15, -0.1) is 11.8 Å². The predicted octanol–water partition coefficient (Wildman–Crippen LogP) is 7.68. The number of nitrogens with zero attached hydrogens (tertiary/aromatic N) is 2. The second-order valence-electron chi connectivity index (χ2n) is 8.14. The minimum Gasteiger partial charge on any atom is -0.323 e. The molecule has 9 heteroatoms. The summed E-state index contributed by atoms with van der Waals surface area (Å²) in [4.78, 5) is 16.4. The number of thioether (sulfide) groups is 1. The summed E-state index contributed by atoms with van der Waals surface area (Å²) in [6.45, 7) is 3.31. The van der Waals surface area contributed by atoms with Gasteiger partial charge in [-0.3, -0.25) is 9.79 Å². The third-order valence-corrected chi connectivity index (χ3v) is 6.13. The molecule has 0 aliphatic heterocycles. The number of amides is 1. The maximum absolute atomic E-state index is 14.5. The number of rotatable bonds is 6. The Bertz CT molecular complexity index is 1300. The molecule has 1 unspecified atom stereocenters. The number of anilines is 1. The van der Waals surface area contributed by atoms with Crippen LogP contribution in [-0.2, 0) is 4.79 Å². The smallest absolute Gasteiger partial charge is 0.323 e. The highest BCUT2D eigenvalue weighted by molar-refractivity contribution is 7.98. The molecular formula is C28H27F4N3OS. The molecule has 37 heavy (non-hydrogen) atoms. The molecule has 3 aromatic carbocycles. The van der Waals surface area contributed by atoms with Crippen LogP contribution in [0.15, 0.2) is 76.6 Å². The second kappa shape index (κ2) is 13.6. The van der Waals surface area contributed by atoms with Crippen molar-refractivity contribution in [1.82, 2.24) is 0 Å². The van der Waals surface area contributed by atoms with Crippen LogP contribution < -0.4 is 5.32 Å². The highest BCUT2D eigenvalue weighted by atomic mass is 32.2. The number of aryl methyl sites for hydroxylation is 1. The topological polar surface area (TPSA) is 65.2 Å². The number of benzene rings is 3. The third-order valence-electron chi connectivity index (χ3n) is 5.34. The first-order valence-electron chi connectivity index (χ1n) is 11.2. The first kappa shape index (κ1) is 29.6. The Hall–Kier alpha value is -3.64. The van der Waals surface area contributed by atoms with Gasteiger partial charge in [0.25, 0.3) is 0 Å². The highest BCUT2D eigenvalue weighted by Crippen LogP contribution is 2.32. The molecule has 0 radical (unpaired) electrons. The SMILES string of the molecule is CN=C(CC(C)C(=O)Nc1ccc(-c2ccccc2SC)cc1F)C(F)(F)F.Cc1cccc(C#N)c1. The normalized spacial score (nSPS) is 12.1. The van der Waals surface area contributed by atoms with E-state index in [-0.39, 0.29) is 5.69 Å². The molecule has 1 atom stereocenters. The summed E-state index contributed by atoms with van der Waals surface area (Å²) in [6.07, 6.45) is -3.26. The van der Waals surface area contributed by atoms with Crippen molar-refractivity contribution in [3.05, 3.63) is 83.7 Å². The maximum Gasteiger partial charge on any atom is 0.429 e. The quantitative estimate of drug-likeness (QED) is 0.202. The molecule has 0 aromatic heterocycles. The number of carbonyl (C=O) groups is 1. The molecule has 1 amide bonds. The number of alkyl halides is 3. The Morgan fingerprint density at radius 2 is 1.81 bits per heavy atom. The molecule has 0 aliphatic carbocycles. The van der Waals surface area contributed by atoms with Crippen molar-refractivity contribution in [1.29, 1.82) is 5.26 Å². The van der Waals surface area contributed by atoms with Gasteiger partial charge >= 0.3 is 6.18 Å². The van der Waals surface area contributed by atoms with Crippen LogP contribution in [0.3, 0.4) is 0 Å². The van der Waals surface area contributed by atoms with Crippen molar-refractivity contribution < 1.29 is 22.4 Å². The molecule has 0 spiro atoms. The predicted molar refractivity (Wildman–Crippen MR) is 141 cm³/mol. The van der Waals surface area contributed by atoms with E-state index in [0.717, 1.165) is 28.6 Å². The van der Waals surface area contributed by atoms with Crippen LogP contribution >= 0.6 is 11.8 Å². The van der Waals surface area contributed by atoms with Crippen molar-refractivity contribution in [2.75, 3.05) is 18.6 Å². The summed E-state index contributed by atoms with van der Waals surface area (Å²) in [6, 6.07) is 21.5. The molecule has 0 aliphatic rings. The van der Waals surface area contributed by atoms with E-state index in [1.165, 1.54) is 30.8 Å². The fraction of sp³-hybridized carbons (Fsp3) is 0.250. The van der Waals surface area contributed by atoms with Gasteiger partial charge in [0.05, 0.1) is 17.3 Å². The summed E-state index contributed by atoms with van der Waals surface area (Å²) in [5, 5.41) is 10.8. The Morgan fingerprint density at radius 1 is 1.11 bits per heavy atom. The van der Waals surface area contributed by atoms with E-state index >= 15 is 0 Å². The number of nitriles is 1. The van der Waals surface area contributed by atoms with Crippen LogP contribution in [0.25, 0.3) is 11.1 Å². The second-order valence-corrected chi connectivity index (χ2v) is 8.99. The van der Waals surface area contributed by atoms with Crippen molar-refractivity contribution in [3.63, 3.8) is 0 Å². The highest BCUT2D eigenvalue weighted by Gasteiger charge is 2.36. The lowest BCUT2D eigenvalue weighted by Crippen LogP contribution is -2.30. The van der Waals surface area contributed by atoms with Crippen molar-refractivity contribution in [3.8, 4) is 17.2 Å². The van der Waals surface area contributed by atoms with E-state index in [1.807, 2.05) is 55.6 Å². The van der Waals surface area contributed by atoms with Gasteiger partial charge in [-0.25, -0.2) is 4.39 Å². The van der Waals surface area contributed by atoms with Crippen molar-refractivity contribution in [2.24, 2.45) is 10.9 Å². The van der Waals surface area contributed by atoms with Crippen LogP contribution in [0, 0.1) is 30.0 Å². The Balaban J connectivity index is 0.000000449. The lowest BCUT2D eigenvalue weighted by Gasteiger charge is -2.16. The summed E-state index contributed by atoms with van der Waals surface area (Å²) in [5.74, 6) is -2.38. The van der Waals surface area contributed by atoms with Gasteiger partial charge in [0, 0.05) is 24.3 Å². The molecule has 3 aromatic rings. The van der Waals surface area contributed by atoms with Gasteiger partial charge in [0.2, 0.25) is 5.91 Å². The maximum atomic E-state index is 14.5. The van der Waals surface area contributed by atoms with Gasteiger partial charge in [-0.2, -0.15) is 18.4 Å². The summed E-state index contributed by atoms with van der Waals surface area (Å²) in [5.41, 5.74) is 2.26. The van der Waals surface area contributed by atoms with E-state index in [9.17, 15) is 22.4 Å². The van der Waals surface area contributed by atoms with Gasteiger partial charge in [0.1, 0.15) is 11.5 Å². The Morgan fingerprint density at radius 3 is 2.35 bits per heavy atom. The third kappa shape index (κ3) is 8.76. The zero-order valence-corrected chi connectivity index (χ0v) is 21.7. The average Bonchev–Trinajstić information content (AvgIpc) is 2.87. The number of carbonyl (C=O) groups excluding carboxylic acids is 1. The molecule has 0 heterocycles. The van der Waals surface area contributed by atoms with Crippen LogP contribution in [0.4, 0.5) is 23.2 Å². The number of nitrogens with one attached hydrogen (secondary N) is 1. The number of halogens is 4. The van der Waals surface area contributed by atoms with Gasteiger partial charge in [-0.1, -0.05) is 43.3 Å². The molecule has 0 fully saturated rings. The Labute approximate surface area is 218 Å². The first-order valence-corrected chi connectivity index (χ1v) is 12.5. The summed E-state index contributed by atoms with van der Waals surface area (Å²) in [7, 11) is 1.03. The van der Waals surface area contributed by atoms with E-state index in [1.54, 1.807) is 12.1 Å². The number of hydrogen-bond acceptors (Lipinski definition) is 4. The van der Waals surface area contributed by atoms with Crippen molar-refractivity contribution in [2.45, 2.75) is 31.3 Å². The monoisotopic (exact) mass is 529 g/mol. The summed E-state index contributed by atoms with van der Waals surface area (Å²) >= 11 is 1.53. The van der Waals surface area contributed by atoms with Gasteiger partial charge in [-0.05, 0) is 60.2 Å². The zero-order chi connectivity index (χ0) is 27.6. The lowest BCUT2D eigenvalue weighted by atomic mass is 10.0. The van der Waals surface area contributed by atoms with Crippen LogP contribution in [-0.4, -0.2) is 31.1 Å². The molecule has 0 saturated carbocycles. The van der Waals surface area contributed by atoms with Crippen LogP contribution in [0.2, 0.25) is 0 Å². The minimum absolute atomic E-state index is 0.0794. The average molecular weight is 530 g/mol. The van der Waals surface area contributed by atoms with E-state index < -0.39 is 36.0 Å². The van der Waals surface area contributed by atoms with Crippen LogP contribution in [0.1, 0.15) is 24.5 Å². The van der Waals surface area contributed by atoms with Gasteiger partial charge in [0.15, 0.2) is 0 Å². The Kier molecular flexibility index (Phi) is 10.9. The first-order chi connectivity index (χ1) is 17.5. The summed E-state index contributed by atoms with van der Waals surface area (Å²) < 4.78 is 52.8. The standard InChI is InChI=1S/C20H20F4N2OS.C8H7N/c1-12(10-18(25-2)20(22,23)24)19(27)26-16-9-8-13(11-15(16)21)14-6-4-5-7-17(14)28-3;1-7-3-2-4-8(5-7)6-9/h4-9,11-12H,10H2,1-3H3,(H,26,27);2-5H,1H3. The molecule has 4 nitrogen and oxygen atoms in total. The largest absolute Gasteiger partial charge is 0.429 e. The molecule has 0 bridgehead atoms. The van der Waals surface area contributed by atoms with E-state index in [0.29, 0.717) is 5.56 Å². The van der Waals surface area contributed by atoms with Gasteiger partial charge < -0.3 is 5.32 Å². The van der Waals surface area contributed by atoms with E-state index in [2.05, 4.69) is 16.4 Å². The molecule has 3 rings (SSSR count). The fourth-order valence-corrected chi connectivity index (χ4v) is 3.97. The van der Waals surface area contributed by atoms with E-state index in [4.69, 9.17) is 5.26 Å². The number of aliphatic imine (C=N–C) groups is 1. The zero-order valence-electron chi connectivity index (χ0n) is 20.9. The van der Waals surface area contributed by atoms with Crippen LogP contribution in [0.5, 0.6) is 0 Å². The fourth-order valence-electron chi connectivity index (χ4n) is 3.35. The molecular weight excluding hydrogens is 502 g/mol. The minimum atomic E-state index is -4.60. The molecule has 0 saturated heterocycles. The molecule has 194 valence electrons. The number of hydrogen-bond donors (Lipinski definition) is 1. The van der Waals surface area contributed by atoms with Crippen molar-refractivity contribution >= 4 is 29.1 Å². The lowest BCUT2D eigenvalue weighted by molar-refractivity contribution is -0.119.